The number of nitrogens with zero attached hydrogens (tertiary/aromatic N) is 2. The molecular formula is C20H10F12N2. The molecule has 1 heterocycles. The van der Waals surface area contributed by atoms with E-state index >= 15 is 0 Å². The van der Waals surface area contributed by atoms with Gasteiger partial charge in [-0.2, -0.15) is 52.7 Å². The number of rotatable bonds is 2. The van der Waals surface area contributed by atoms with Crippen LogP contribution < -0.4 is 11.0 Å². The normalized spacial score (nSPS) is 13.3. The van der Waals surface area contributed by atoms with Gasteiger partial charge in [-0.25, -0.2) is 0 Å². The Morgan fingerprint density at radius 2 is 0.647 bits per heavy atom. The summed E-state index contributed by atoms with van der Waals surface area (Å²) in [7, 11) is 0. The second-order valence-corrected chi connectivity index (χ2v) is 6.73. The first-order chi connectivity index (χ1) is 15.5. The second kappa shape index (κ2) is 8.17. The average molecular weight is 506 g/mol. The lowest BCUT2D eigenvalue weighted by Crippen LogP contribution is -2.60. The summed E-state index contributed by atoms with van der Waals surface area (Å²) in [6, 6.07) is 9.63. The monoisotopic (exact) mass is 506 g/mol. The van der Waals surface area contributed by atoms with Crippen LogP contribution in [0, 0.1) is 0 Å². The smallest absolute Gasteiger partial charge is 0.280 e. The molecule has 3 rings (SSSR count). The SMILES string of the molecule is FC(F)(F)C(=c1n(-c2ccccc2)c(=C(C(F)(F)F)C(F)(F)F)n1-c1ccccc1)C(F)(F)F. The highest BCUT2D eigenvalue weighted by atomic mass is 19.4. The summed E-state index contributed by atoms with van der Waals surface area (Å²) in [6.45, 7) is 0. The summed E-state index contributed by atoms with van der Waals surface area (Å²) in [5.41, 5.74) is -12.0. The van der Waals surface area contributed by atoms with Crippen molar-refractivity contribution in [1.29, 1.82) is 0 Å². The molecule has 0 radical (unpaired) electrons. The first kappa shape index (κ1) is 25.3. The van der Waals surface area contributed by atoms with E-state index < -0.39 is 58.2 Å². The van der Waals surface area contributed by atoms with Crippen molar-refractivity contribution in [2.45, 2.75) is 24.7 Å². The predicted molar refractivity (Wildman–Crippen MR) is 95.4 cm³/mol. The Bertz CT molecular complexity index is 1110. The molecule has 2 nitrogen and oxygen atoms in total. The number of benzene rings is 2. The molecule has 0 aliphatic heterocycles. The lowest BCUT2D eigenvalue weighted by molar-refractivity contribution is -0.139. The minimum Gasteiger partial charge on any atom is -0.280 e. The van der Waals surface area contributed by atoms with E-state index in [0.717, 1.165) is 48.5 Å². The molecule has 0 amide bonds. The highest BCUT2D eigenvalue weighted by Crippen LogP contribution is 2.41. The first-order valence-electron chi connectivity index (χ1n) is 8.93. The summed E-state index contributed by atoms with van der Waals surface area (Å²) in [5.74, 6) is 0. The molecule has 184 valence electrons. The molecule has 0 saturated heterocycles. The number of aromatic nitrogens is 2. The molecule has 0 atom stereocenters. The minimum atomic E-state index is -6.18. The summed E-state index contributed by atoms with van der Waals surface area (Å²) in [5, 5.41) is 0. The molecule has 0 spiro atoms. The Morgan fingerprint density at radius 1 is 0.412 bits per heavy atom. The van der Waals surface area contributed by atoms with Crippen LogP contribution in [-0.2, 0) is 0 Å². The number of halogens is 12. The Labute approximate surface area is 181 Å². The fourth-order valence-electron chi connectivity index (χ4n) is 3.27. The van der Waals surface area contributed by atoms with Gasteiger partial charge in [-0.15, -0.1) is 0 Å². The van der Waals surface area contributed by atoms with Gasteiger partial charge in [-0.05, 0) is 24.3 Å². The maximum Gasteiger partial charge on any atom is 0.424 e. The van der Waals surface area contributed by atoms with Gasteiger partial charge < -0.3 is 0 Å². The summed E-state index contributed by atoms with van der Waals surface area (Å²) in [4.78, 5) is 0. The Morgan fingerprint density at radius 3 is 0.853 bits per heavy atom. The maximum absolute atomic E-state index is 13.6. The highest BCUT2D eigenvalue weighted by molar-refractivity contribution is 5.61. The second-order valence-electron chi connectivity index (χ2n) is 6.73. The Kier molecular flexibility index (Phi) is 6.08. The molecule has 1 aromatic heterocycles. The van der Waals surface area contributed by atoms with E-state index in [9.17, 15) is 52.7 Å². The number of hydrogen-bond donors (Lipinski definition) is 0. The van der Waals surface area contributed by atoms with Crippen LogP contribution in [0.3, 0.4) is 0 Å². The molecule has 3 aromatic rings. The van der Waals surface area contributed by atoms with Gasteiger partial charge in [-0.1, -0.05) is 36.4 Å². The number of alkyl halides is 12. The molecule has 0 unspecified atom stereocenters. The molecule has 0 bridgehead atoms. The van der Waals surface area contributed by atoms with Crippen molar-refractivity contribution in [3.63, 3.8) is 0 Å². The quantitative estimate of drug-likeness (QED) is 0.388. The third-order valence-corrected chi connectivity index (χ3v) is 4.46. The van der Waals surface area contributed by atoms with Gasteiger partial charge in [0, 0.05) is 11.4 Å². The van der Waals surface area contributed by atoms with Gasteiger partial charge in [0.2, 0.25) is 0 Å². The molecule has 0 aliphatic rings. The zero-order valence-corrected chi connectivity index (χ0v) is 16.2. The van der Waals surface area contributed by atoms with E-state index in [1.807, 2.05) is 0 Å². The van der Waals surface area contributed by atoms with Gasteiger partial charge in [0.25, 0.3) is 0 Å². The van der Waals surface area contributed by atoms with Gasteiger partial charge >= 0.3 is 24.7 Å². The van der Waals surface area contributed by atoms with Crippen LogP contribution >= 0.6 is 0 Å². The van der Waals surface area contributed by atoms with Crippen LogP contribution in [-0.4, -0.2) is 33.8 Å². The first-order valence-corrected chi connectivity index (χ1v) is 8.93. The largest absolute Gasteiger partial charge is 0.424 e. The molecule has 0 fully saturated rings. The molecule has 0 saturated carbocycles. The van der Waals surface area contributed by atoms with E-state index in [2.05, 4.69) is 0 Å². The number of para-hydroxylation sites is 2. The van der Waals surface area contributed by atoms with E-state index in [1.54, 1.807) is 0 Å². The van der Waals surface area contributed by atoms with Crippen molar-refractivity contribution >= 4 is 11.1 Å². The van der Waals surface area contributed by atoms with Crippen LogP contribution in [0.1, 0.15) is 0 Å². The van der Waals surface area contributed by atoms with Crippen molar-refractivity contribution in [2.75, 3.05) is 0 Å². The molecular weight excluding hydrogens is 496 g/mol. The maximum atomic E-state index is 13.6. The van der Waals surface area contributed by atoms with Crippen LogP contribution in [0.5, 0.6) is 0 Å². The Balaban J connectivity index is 2.81. The summed E-state index contributed by atoms with van der Waals surface area (Å²) >= 11 is 0. The fraction of sp³-hybridized carbons (Fsp3) is 0.200. The molecule has 34 heavy (non-hydrogen) atoms. The van der Waals surface area contributed by atoms with E-state index in [1.165, 1.54) is 12.1 Å². The fourth-order valence-corrected chi connectivity index (χ4v) is 3.27. The average Bonchev–Trinajstić information content (AvgIpc) is 2.64. The van der Waals surface area contributed by atoms with Crippen LogP contribution in [0.2, 0.25) is 0 Å². The lowest BCUT2D eigenvalue weighted by Gasteiger charge is -2.29. The molecule has 0 aliphatic carbocycles. The predicted octanol–water partition coefficient (Wildman–Crippen LogP) is 5.82. The van der Waals surface area contributed by atoms with Crippen molar-refractivity contribution in [3.8, 4) is 11.4 Å². The van der Waals surface area contributed by atoms with Crippen molar-refractivity contribution in [1.82, 2.24) is 9.13 Å². The third kappa shape index (κ3) is 4.66. The third-order valence-electron chi connectivity index (χ3n) is 4.46. The van der Waals surface area contributed by atoms with Crippen molar-refractivity contribution < 1.29 is 52.7 Å². The number of hydrogen-bond acceptors (Lipinski definition) is 0. The topological polar surface area (TPSA) is 9.86 Å². The summed E-state index contributed by atoms with van der Waals surface area (Å²) in [6.07, 6.45) is -24.7. The molecule has 0 N–H and O–H groups in total. The van der Waals surface area contributed by atoms with Gasteiger partial charge in [0.1, 0.15) is 11.0 Å². The summed E-state index contributed by atoms with van der Waals surface area (Å²) < 4.78 is 162. The van der Waals surface area contributed by atoms with Gasteiger partial charge in [0.15, 0.2) is 11.1 Å². The van der Waals surface area contributed by atoms with Crippen LogP contribution in [0.25, 0.3) is 22.5 Å². The van der Waals surface area contributed by atoms with Gasteiger partial charge in [0.05, 0.1) is 0 Å². The van der Waals surface area contributed by atoms with Crippen molar-refractivity contribution in [3.05, 3.63) is 71.6 Å². The Hall–Kier alpha value is -3.32. The minimum absolute atomic E-state index is 0.348. The van der Waals surface area contributed by atoms with E-state index in [4.69, 9.17) is 0 Å². The molecule has 14 heteroatoms. The van der Waals surface area contributed by atoms with Crippen LogP contribution in [0.4, 0.5) is 52.7 Å². The van der Waals surface area contributed by atoms with E-state index in [0.29, 0.717) is 0 Å². The zero-order valence-electron chi connectivity index (χ0n) is 16.2. The van der Waals surface area contributed by atoms with Crippen molar-refractivity contribution in [2.24, 2.45) is 0 Å². The highest BCUT2D eigenvalue weighted by Gasteiger charge is 2.56. The lowest BCUT2D eigenvalue weighted by atomic mass is 10.1. The van der Waals surface area contributed by atoms with Crippen LogP contribution in [0.15, 0.2) is 60.7 Å². The van der Waals surface area contributed by atoms with E-state index in [-0.39, 0.29) is 9.13 Å². The standard InChI is InChI=1S/C20H10F12N2/c21-17(22,23)13(18(24,25)26)15-33(11-7-3-1-4-8-11)16(14(19(27,28)29)20(30,31)32)34(15)12-9-5-2-6-10-12/h1-10H. The molecule has 2 aromatic carbocycles. The van der Waals surface area contributed by atoms with Gasteiger partial charge in [-0.3, -0.25) is 9.13 Å². The zero-order chi connectivity index (χ0) is 25.7.